The lowest BCUT2D eigenvalue weighted by Crippen LogP contribution is -2.60. The van der Waals surface area contributed by atoms with Gasteiger partial charge < -0.3 is 14.8 Å². The number of nitrogens with one attached hydrogen (secondary N) is 1. The van der Waals surface area contributed by atoms with Crippen LogP contribution in [0.3, 0.4) is 0 Å². The predicted octanol–water partition coefficient (Wildman–Crippen LogP) is 1.51. The number of hydrogen-bond acceptors (Lipinski definition) is 4. The van der Waals surface area contributed by atoms with Gasteiger partial charge in [0.05, 0.1) is 23.6 Å². The molecular formula is C20H31N5O2. The number of aromatic nitrogens is 2. The van der Waals surface area contributed by atoms with E-state index in [1.165, 1.54) is 0 Å². The number of hydrogen-bond donors (Lipinski definition) is 1. The molecule has 148 valence electrons. The van der Waals surface area contributed by atoms with Gasteiger partial charge in [-0.3, -0.25) is 14.5 Å². The van der Waals surface area contributed by atoms with E-state index in [1.807, 2.05) is 16.7 Å². The highest BCUT2D eigenvalue weighted by Gasteiger charge is 2.49. The van der Waals surface area contributed by atoms with Crippen molar-refractivity contribution >= 4 is 11.8 Å². The third kappa shape index (κ3) is 2.96. The Hall–Kier alpha value is -1.89. The SMILES string of the molecule is CCC(=O)N1CCc2[nH]cnc2C12CCN(C(=O)[C@H]1CCCN1CC)CC2. The summed E-state index contributed by atoms with van der Waals surface area (Å²) in [5.41, 5.74) is 1.83. The maximum Gasteiger partial charge on any atom is 0.239 e. The largest absolute Gasteiger partial charge is 0.348 e. The fourth-order valence-corrected chi connectivity index (χ4v) is 5.33. The van der Waals surface area contributed by atoms with Gasteiger partial charge >= 0.3 is 0 Å². The molecule has 7 heteroatoms. The van der Waals surface area contributed by atoms with Crippen LogP contribution < -0.4 is 0 Å². The topological polar surface area (TPSA) is 72.5 Å². The number of carbonyl (C=O) groups is 2. The van der Waals surface area contributed by atoms with E-state index in [1.54, 1.807) is 6.33 Å². The molecule has 0 aromatic carbocycles. The quantitative estimate of drug-likeness (QED) is 0.872. The molecule has 3 aliphatic rings. The normalized spacial score (nSPS) is 25.0. The van der Waals surface area contributed by atoms with Crippen molar-refractivity contribution in [3.8, 4) is 0 Å². The van der Waals surface area contributed by atoms with Crippen molar-refractivity contribution in [1.82, 2.24) is 24.7 Å². The molecule has 7 nitrogen and oxygen atoms in total. The lowest BCUT2D eigenvalue weighted by atomic mass is 9.78. The van der Waals surface area contributed by atoms with Gasteiger partial charge in [0.2, 0.25) is 11.8 Å². The Labute approximate surface area is 161 Å². The molecule has 1 aromatic rings. The van der Waals surface area contributed by atoms with Gasteiger partial charge in [-0.1, -0.05) is 13.8 Å². The Balaban J connectivity index is 1.54. The van der Waals surface area contributed by atoms with E-state index in [0.29, 0.717) is 19.5 Å². The van der Waals surface area contributed by atoms with Crippen LogP contribution in [0.5, 0.6) is 0 Å². The number of fused-ring (bicyclic) bond motifs is 2. The van der Waals surface area contributed by atoms with E-state index in [2.05, 4.69) is 21.8 Å². The summed E-state index contributed by atoms with van der Waals surface area (Å²) in [5, 5.41) is 0. The Kier molecular flexibility index (Phi) is 4.97. The summed E-state index contributed by atoms with van der Waals surface area (Å²) in [5.74, 6) is 0.465. The zero-order chi connectivity index (χ0) is 19.0. The summed E-state index contributed by atoms with van der Waals surface area (Å²) >= 11 is 0. The van der Waals surface area contributed by atoms with Gasteiger partial charge in [-0.2, -0.15) is 0 Å². The fourth-order valence-electron chi connectivity index (χ4n) is 5.33. The number of H-pyrrole nitrogens is 1. The molecule has 0 radical (unpaired) electrons. The van der Waals surface area contributed by atoms with Crippen molar-refractivity contribution in [3.63, 3.8) is 0 Å². The summed E-state index contributed by atoms with van der Waals surface area (Å²) in [4.78, 5) is 40.0. The van der Waals surface area contributed by atoms with Crippen molar-refractivity contribution in [2.24, 2.45) is 0 Å². The second-order valence-electron chi connectivity index (χ2n) is 8.02. The van der Waals surface area contributed by atoms with Gasteiger partial charge in [0.15, 0.2) is 0 Å². The Morgan fingerprint density at radius 2 is 2.00 bits per heavy atom. The van der Waals surface area contributed by atoms with Crippen LogP contribution >= 0.6 is 0 Å². The van der Waals surface area contributed by atoms with E-state index in [4.69, 9.17) is 0 Å². The second kappa shape index (κ2) is 7.26. The molecule has 2 amide bonds. The zero-order valence-corrected chi connectivity index (χ0v) is 16.5. The Bertz CT molecular complexity index is 707. The number of likely N-dealkylation sites (N-methyl/N-ethyl adjacent to an activating group) is 1. The standard InChI is InChI=1S/C20H31N5O2/c1-3-17(26)25-11-7-15-18(22-14-21-15)20(25)8-12-24(13-9-20)19(27)16-6-5-10-23(16)4-2/h14,16H,3-13H2,1-2H3,(H,21,22)/t16-/m1/s1. The minimum atomic E-state index is -0.350. The third-order valence-corrected chi connectivity index (χ3v) is 6.82. The average Bonchev–Trinajstić information content (AvgIpc) is 3.37. The highest BCUT2D eigenvalue weighted by Crippen LogP contribution is 2.42. The Morgan fingerprint density at radius 3 is 2.70 bits per heavy atom. The Morgan fingerprint density at radius 1 is 1.22 bits per heavy atom. The number of imidazole rings is 1. The monoisotopic (exact) mass is 373 g/mol. The summed E-state index contributed by atoms with van der Waals surface area (Å²) in [6, 6.07) is 0.0460. The first-order valence-corrected chi connectivity index (χ1v) is 10.5. The van der Waals surface area contributed by atoms with Crippen LogP contribution in [0, 0.1) is 0 Å². The molecule has 4 heterocycles. The van der Waals surface area contributed by atoms with E-state index in [0.717, 1.165) is 63.1 Å². The molecular weight excluding hydrogens is 342 g/mol. The van der Waals surface area contributed by atoms with Gasteiger partial charge in [0, 0.05) is 38.2 Å². The minimum absolute atomic E-state index is 0.0460. The van der Waals surface area contributed by atoms with Crippen molar-refractivity contribution in [2.45, 2.75) is 64.0 Å². The summed E-state index contributed by atoms with van der Waals surface area (Å²) in [6.45, 7) is 8.16. The molecule has 1 aromatic heterocycles. The first kappa shape index (κ1) is 18.5. The molecule has 1 atom stereocenters. The molecule has 0 unspecified atom stereocenters. The van der Waals surface area contributed by atoms with E-state index >= 15 is 0 Å². The summed E-state index contributed by atoms with van der Waals surface area (Å²) < 4.78 is 0. The highest BCUT2D eigenvalue weighted by molar-refractivity contribution is 5.82. The van der Waals surface area contributed by atoms with Crippen LogP contribution in [0.25, 0.3) is 0 Å². The van der Waals surface area contributed by atoms with Crippen LogP contribution in [0.1, 0.15) is 57.3 Å². The van der Waals surface area contributed by atoms with Crippen molar-refractivity contribution in [1.29, 1.82) is 0 Å². The average molecular weight is 374 g/mol. The smallest absolute Gasteiger partial charge is 0.239 e. The molecule has 4 rings (SSSR count). The minimum Gasteiger partial charge on any atom is -0.348 e. The lowest BCUT2D eigenvalue weighted by Gasteiger charge is -2.50. The first-order chi connectivity index (χ1) is 13.1. The van der Waals surface area contributed by atoms with Crippen LogP contribution in [-0.2, 0) is 21.5 Å². The number of piperidine rings is 1. The number of amides is 2. The maximum atomic E-state index is 13.1. The van der Waals surface area contributed by atoms with Gasteiger partial charge in [-0.05, 0) is 38.8 Å². The lowest BCUT2D eigenvalue weighted by molar-refractivity contribution is -0.145. The third-order valence-electron chi connectivity index (χ3n) is 6.82. The van der Waals surface area contributed by atoms with Gasteiger partial charge in [-0.15, -0.1) is 0 Å². The first-order valence-electron chi connectivity index (χ1n) is 10.5. The van der Waals surface area contributed by atoms with Gasteiger partial charge in [0.25, 0.3) is 0 Å². The number of nitrogens with zero attached hydrogens (tertiary/aromatic N) is 4. The maximum absolute atomic E-state index is 13.1. The molecule has 1 spiro atoms. The predicted molar refractivity (Wildman–Crippen MR) is 102 cm³/mol. The molecule has 2 fully saturated rings. The molecule has 0 saturated carbocycles. The fraction of sp³-hybridized carbons (Fsp3) is 0.750. The molecule has 3 aliphatic heterocycles. The van der Waals surface area contributed by atoms with E-state index in [9.17, 15) is 9.59 Å². The second-order valence-corrected chi connectivity index (χ2v) is 8.02. The molecule has 2 saturated heterocycles. The van der Waals surface area contributed by atoms with Crippen LogP contribution in [0.4, 0.5) is 0 Å². The van der Waals surface area contributed by atoms with Crippen molar-refractivity contribution in [3.05, 3.63) is 17.7 Å². The van der Waals surface area contributed by atoms with Crippen molar-refractivity contribution < 1.29 is 9.59 Å². The van der Waals surface area contributed by atoms with Crippen LogP contribution in [0.15, 0.2) is 6.33 Å². The van der Waals surface area contributed by atoms with Gasteiger partial charge in [0.1, 0.15) is 0 Å². The van der Waals surface area contributed by atoms with Crippen LogP contribution in [0.2, 0.25) is 0 Å². The van der Waals surface area contributed by atoms with E-state index in [-0.39, 0.29) is 23.4 Å². The van der Waals surface area contributed by atoms with Crippen LogP contribution in [-0.4, -0.2) is 75.2 Å². The summed E-state index contributed by atoms with van der Waals surface area (Å²) in [7, 11) is 0. The summed E-state index contributed by atoms with van der Waals surface area (Å²) in [6.07, 6.45) is 6.73. The molecule has 1 N–H and O–H groups in total. The number of aromatic amines is 1. The number of likely N-dealkylation sites (tertiary alicyclic amines) is 2. The van der Waals surface area contributed by atoms with E-state index < -0.39 is 0 Å². The molecule has 0 bridgehead atoms. The van der Waals surface area contributed by atoms with Crippen molar-refractivity contribution in [2.75, 3.05) is 32.7 Å². The molecule has 27 heavy (non-hydrogen) atoms. The zero-order valence-electron chi connectivity index (χ0n) is 16.5. The highest BCUT2D eigenvalue weighted by atomic mass is 16.2. The number of rotatable bonds is 3. The van der Waals surface area contributed by atoms with Gasteiger partial charge in [-0.25, -0.2) is 4.98 Å². The molecule has 0 aliphatic carbocycles. The number of carbonyl (C=O) groups excluding carboxylic acids is 2.